The Kier molecular flexibility index (Phi) is 5.26. The van der Waals surface area contributed by atoms with Crippen LogP contribution in [0.15, 0.2) is 18.2 Å². The molecule has 2 aliphatic rings. The van der Waals surface area contributed by atoms with E-state index in [-0.39, 0.29) is 0 Å². The van der Waals surface area contributed by atoms with Crippen LogP contribution in [-0.4, -0.2) is 68.9 Å². The summed E-state index contributed by atoms with van der Waals surface area (Å²) in [5.74, 6) is 4.44. The highest BCUT2D eigenvalue weighted by Crippen LogP contribution is 2.34. The molecule has 3 heterocycles. The highest BCUT2D eigenvalue weighted by atomic mass is 16.5. The molecule has 2 aromatic rings. The number of piperazine rings is 1. The van der Waals surface area contributed by atoms with Crippen molar-refractivity contribution in [2.24, 2.45) is 0 Å². The van der Waals surface area contributed by atoms with Gasteiger partial charge in [0.15, 0.2) is 11.5 Å². The van der Waals surface area contributed by atoms with Crippen LogP contribution >= 0.6 is 0 Å². The lowest BCUT2D eigenvalue weighted by molar-refractivity contribution is 0.312. The second kappa shape index (κ2) is 7.83. The smallest absolute Gasteiger partial charge is 0.161 e. The number of fused-ring (bicyclic) bond motifs is 1. The van der Waals surface area contributed by atoms with E-state index in [1.807, 2.05) is 6.92 Å². The summed E-state index contributed by atoms with van der Waals surface area (Å²) >= 11 is 0. The van der Waals surface area contributed by atoms with E-state index in [2.05, 4.69) is 39.9 Å². The van der Waals surface area contributed by atoms with Crippen LogP contribution in [0.1, 0.15) is 17.0 Å². The summed E-state index contributed by atoms with van der Waals surface area (Å²) in [5, 5.41) is 0. The zero-order valence-electron chi connectivity index (χ0n) is 17.2. The Morgan fingerprint density at radius 2 is 1.39 bits per heavy atom. The molecular formula is C21H29N5O2. The molecule has 1 fully saturated rings. The Hall–Kier alpha value is -2.54. The van der Waals surface area contributed by atoms with Crippen molar-refractivity contribution in [3.05, 3.63) is 35.2 Å². The van der Waals surface area contributed by atoms with Crippen molar-refractivity contribution in [2.45, 2.75) is 19.9 Å². The van der Waals surface area contributed by atoms with Crippen LogP contribution in [0.4, 0.5) is 11.6 Å². The summed E-state index contributed by atoms with van der Waals surface area (Å²) in [5.41, 5.74) is 2.58. The molecule has 28 heavy (non-hydrogen) atoms. The molecule has 0 atom stereocenters. The van der Waals surface area contributed by atoms with Crippen molar-refractivity contribution in [1.29, 1.82) is 0 Å². The highest BCUT2D eigenvalue weighted by molar-refractivity contribution is 5.55. The van der Waals surface area contributed by atoms with Gasteiger partial charge in [0.1, 0.15) is 17.5 Å². The SMILES string of the molecule is COc1cc2c(cc1OC)CN(c1cc(N3CCN(C)CC3)nc(C)n1)CC2. The quantitative estimate of drug-likeness (QED) is 0.802. The van der Waals surface area contributed by atoms with Crippen LogP contribution in [0.25, 0.3) is 0 Å². The molecule has 1 aromatic carbocycles. The van der Waals surface area contributed by atoms with Gasteiger partial charge in [0.05, 0.1) is 14.2 Å². The van der Waals surface area contributed by atoms with Crippen LogP contribution in [-0.2, 0) is 13.0 Å². The molecular weight excluding hydrogens is 354 g/mol. The molecule has 0 N–H and O–H groups in total. The fraction of sp³-hybridized carbons (Fsp3) is 0.524. The monoisotopic (exact) mass is 383 g/mol. The highest BCUT2D eigenvalue weighted by Gasteiger charge is 2.23. The number of methoxy groups -OCH3 is 2. The predicted octanol–water partition coefficient (Wildman–Crippen LogP) is 2.12. The zero-order chi connectivity index (χ0) is 19.7. The molecule has 0 bridgehead atoms. The summed E-state index contributed by atoms with van der Waals surface area (Å²) < 4.78 is 10.9. The third-order valence-corrected chi connectivity index (χ3v) is 5.68. The van der Waals surface area contributed by atoms with E-state index in [4.69, 9.17) is 19.4 Å². The van der Waals surface area contributed by atoms with Crippen molar-refractivity contribution in [3.63, 3.8) is 0 Å². The summed E-state index contributed by atoms with van der Waals surface area (Å²) in [4.78, 5) is 16.5. The Morgan fingerprint density at radius 1 is 0.786 bits per heavy atom. The van der Waals surface area contributed by atoms with E-state index in [1.54, 1.807) is 14.2 Å². The average molecular weight is 383 g/mol. The number of aromatic nitrogens is 2. The van der Waals surface area contributed by atoms with Crippen LogP contribution in [0.3, 0.4) is 0 Å². The molecule has 2 aliphatic heterocycles. The Labute approximate surface area is 166 Å². The van der Waals surface area contributed by atoms with Crippen LogP contribution in [0.5, 0.6) is 11.5 Å². The maximum atomic E-state index is 5.49. The minimum atomic E-state index is 0.778. The molecule has 1 saturated heterocycles. The molecule has 0 aliphatic carbocycles. The van der Waals surface area contributed by atoms with E-state index in [0.29, 0.717) is 0 Å². The lowest BCUT2D eigenvalue weighted by atomic mass is 9.99. The number of hydrogen-bond donors (Lipinski definition) is 0. The Balaban J connectivity index is 1.58. The van der Waals surface area contributed by atoms with Gasteiger partial charge in [-0.05, 0) is 43.7 Å². The number of likely N-dealkylation sites (N-methyl/N-ethyl adjacent to an activating group) is 1. The lowest BCUT2D eigenvalue weighted by Gasteiger charge is -2.34. The van der Waals surface area contributed by atoms with Crippen molar-refractivity contribution in [1.82, 2.24) is 14.9 Å². The number of benzene rings is 1. The first-order valence-electron chi connectivity index (χ1n) is 9.85. The largest absolute Gasteiger partial charge is 0.493 e. The summed E-state index contributed by atoms with van der Waals surface area (Å²) in [6, 6.07) is 6.34. The van der Waals surface area contributed by atoms with E-state index >= 15 is 0 Å². The molecule has 0 saturated carbocycles. The summed E-state index contributed by atoms with van der Waals surface area (Å²) in [7, 11) is 5.53. The topological polar surface area (TPSA) is 54.0 Å². The van der Waals surface area contributed by atoms with Crippen molar-refractivity contribution >= 4 is 11.6 Å². The van der Waals surface area contributed by atoms with Crippen LogP contribution in [0.2, 0.25) is 0 Å². The van der Waals surface area contributed by atoms with Crippen LogP contribution in [0, 0.1) is 6.92 Å². The molecule has 1 aromatic heterocycles. The van der Waals surface area contributed by atoms with Crippen molar-refractivity contribution < 1.29 is 9.47 Å². The molecule has 0 unspecified atom stereocenters. The third kappa shape index (κ3) is 3.71. The van der Waals surface area contributed by atoms with Gasteiger partial charge in [-0.1, -0.05) is 0 Å². The summed E-state index contributed by atoms with van der Waals surface area (Å²) in [6.07, 6.45) is 0.961. The van der Waals surface area contributed by atoms with Gasteiger partial charge in [-0.3, -0.25) is 0 Å². The molecule has 150 valence electrons. The van der Waals surface area contributed by atoms with E-state index in [9.17, 15) is 0 Å². The Bertz CT molecular complexity index is 849. The molecule has 7 nitrogen and oxygen atoms in total. The molecule has 0 amide bonds. The number of ether oxygens (including phenoxy) is 2. The number of anilines is 2. The molecule has 4 rings (SSSR count). The van der Waals surface area contributed by atoms with E-state index in [0.717, 1.165) is 74.6 Å². The number of aryl methyl sites for hydroxylation is 1. The van der Waals surface area contributed by atoms with E-state index < -0.39 is 0 Å². The first kappa shape index (κ1) is 18.8. The fourth-order valence-corrected chi connectivity index (χ4v) is 3.97. The fourth-order valence-electron chi connectivity index (χ4n) is 3.97. The number of rotatable bonds is 4. The summed E-state index contributed by atoms with van der Waals surface area (Å²) in [6.45, 7) is 7.87. The van der Waals surface area contributed by atoms with Gasteiger partial charge in [0.2, 0.25) is 0 Å². The maximum Gasteiger partial charge on any atom is 0.161 e. The van der Waals surface area contributed by atoms with Crippen LogP contribution < -0.4 is 19.3 Å². The first-order chi connectivity index (χ1) is 13.6. The van der Waals surface area contributed by atoms with Crippen molar-refractivity contribution in [3.8, 4) is 11.5 Å². The lowest BCUT2D eigenvalue weighted by Crippen LogP contribution is -2.45. The minimum Gasteiger partial charge on any atom is -0.493 e. The van der Waals surface area contributed by atoms with Gasteiger partial charge in [-0.25, -0.2) is 9.97 Å². The van der Waals surface area contributed by atoms with Gasteiger partial charge in [-0.15, -0.1) is 0 Å². The molecule has 0 spiro atoms. The van der Waals surface area contributed by atoms with Gasteiger partial charge >= 0.3 is 0 Å². The van der Waals surface area contributed by atoms with Gasteiger partial charge in [-0.2, -0.15) is 0 Å². The third-order valence-electron chi connectivity index (χ3n) is 5.68. The minimum absolute atomic E-state index is 0.778. The Morgan fingerprint density at radius 3 is 2.04 bits per heavy atom. The second-order valence-corrected chi connectivity index (χ2v) is 7.57. The zero-order valence-corrected chi connectivity index (χ0v) is 17.2. The number of hydrogen-bond acceptors (Lipinski definition) is 7. The normalized spacial score (nSPS) is 17.4. The molecule has 0 radical (unpaired) electrons. The predicted molar refractivity (Wildman–Crippen MR) is 111 cm³/mol. The second-order valence-electron chi connectivity index (χ2n) is 7.57. The van der Waals surface area contributed by atoms with Crippen molar-refractivity contribution in [2.75, 3.05) is 63.8 Å². The van der Waals surface area contributed by atoms with Gasteiger partial charge < -0.3 is 24.2 Å². The van der Waals surface area contributed by atoms with E-state index in [1.165, 1.54) is 11.1 Å². The first-order valence-corrected chi connectivity index (χ1v) is 9.85. The number of nitrogens with zero attached hydrogens (tertiary/aromatic N) is 5. The standard InChI is InChI=1S/C21H29N5O2/c1-15-22-20(25-9-7-24(2)8-10-25)13-21(23-15)26-6-5-16-11-18(27-3)19(28-4)12-17(16)14-26/h11-13H,5-10,14H2,1-4H3. The average Bonchev–Trinajstić information content (AvgIpc) is 2.72. The van der Waals surface area contributed by atoms with Gasteiger partial charge in [0.25, 0.3) is 0 Å². The van der Waals surface area contributed by atoms with Gasteiger partial charge in [0, 0.05) is 45.3 Å². The molecule has 7 heteroatoms. The maximum absolute atomic E-state index is 5.49.